The van der Waals surface area contributed by atoms with E-state index in [4.69, 9.17) is 32.7 Å². The zero-order valence-corrected chi connectivity index (χ0v) is 17.5. The van der Waals surface area contributed by atoms with Gasteiger partial charge in [-0.3, -0.25) is 14.6 Å². The fourth-order valence-corrected chi connectivity index (χ4v) is 3.92. The molecule has 4 rings (SSSR count). The molecule has 0 spiro atoms. The molecule has 0 radical (unpaired) electrons. The van der Waals surface area contributed by atoms with Gasteiger partial charge in [-0.2, -0.15) is 0 Å². The average Bonchev–Trinajstić information content (AvgIpc) is 3.20. The number of carbonyl (C=O) groups is 1. The van der Waals surface area contributed by atoms with Crippen LogP contribution in [0.25, 0.3) is 0 Å². The van der Waals surface area contributed by atoms with Gasteiger partial charge in [-0.1, -0.05) is 23.2 Å². The third-order valence-electron chi connectivity index (χ3n) is 5.21. The van der Waals surface area contributed by atoms with E-state index in [9.17, 15) is 4.79 Å². The molecule has 1 amide bonds. The van der Waals surface area contributed by atoms with Crippen molar-refractivity contribution < 1.29 is 14.3 Å². The minimum atomic E-state index is -0.0995. The maximum Gasteiger partial charge on any atom is 0.251 e. The number of hydrogen-bond donors (Lipinski definition) is 1. The van der Waals surface area contributed by atoms with E-state index in [1.165, 1.54) is 0 Å². The van der Waals surface area contributed by atoms with Gasteiger partial charge in [0.15, 0.2) is 11.5 Å². The predicted molar refractivity (Wildman–Crippen MR) is 113 cm³/mol. The van der Waals surface area contributed by atoms with E-state index in [0.717, 1.165) is 49.9 Å². The Labute approximate surface area is 180 Å². The van der Waals surface area contributed by atoms with Gasteiger partial charge in [0.2, 0.25) is 6.79 Å². The molecule has 0 atom stereocenters. The largest absolute Gasteiger partial charge is 0.454 e. The fourth-order valence-electron chi connectivity index (χ4n) is 3.54. The number of ether oxygens (including phenoxy) is 2. The van der Waals surface area contributed by atoms with Crippen LogP contribution in [0.5, 0.6) is 11.5 Å². The first-order valence-corrected chi connectivity index (χ1v) is 10.4. The van der Waals surface area contributed by atoms with E-state index >= 15 is 0 Å². The Balaban J connectivity index is 1.19. The van der Waals surface area contributed by atoms with Gasteiger partial charge < -0.3 is 14.8 Å². The van der Waals surface area contributed by atoms with Crippen LogP contribution in [0.15, 0.2) is 36.4 Å². The first-order chi connectivity index (χ1) is 14.1. The fraction of sp³-hybridized carbons (Fsp3) is 0.381. The lowest BCUT2D eigenvalue weighted by Gasteiger charge is -2.34. The molecule has 154 valence electrons. The molecule has 2 heterocycles. The van der Waals surface area contributed by atoms with E-state index in [2.05, 4.69) is 15.1 Å². The summed E-state index contributed by atoms with van der Waals surface area (Å²) < 4.78 is 10.6. The minimum absolute atomic E-state index is 0.0995. The van der Waals surface area contributed by atoms with Crippen molar-refractivity contribution in [1.82, 2.24) is 15.1 Å². The van der Waals surface area contributed by atoms with Crippen LogP contribution in [-0.2, 0) is 6.54 Å². The maximum absolute atomic E-state index is 12.3. The van der Waals surface area contributed by atoms with Crippen molar-refractivity contribution >= 4 is 29.1 Å². The van der Waals surface area contributed by atoms with Crippen molar-refractivity contribution in [2.75, 3.05) is 46.1 Å². The average molecular weight is 436 g/mol. The van der Waals surface area contributed by atoms with E-state index < -0.39 is 0 Å². The smallest absolute Gasteiger partial charge is 0.251 e. The van der Waals surface area contributed by atoms with Crippen LogP contribution in [0.3, 0.4) is 0 Å². The van der Waals surface area contributed by atoms with Gasteiger partial charge in [-0.15, -0.1) is 0 Å². The highest BCUT2D eigenvalue weighted by Gasteiger charge is 2.19. The van der Waals surface area contributed by atoms with Crippen molar-refractivity contribution in [1.29, 1.82) is 0 Å². The number of hydrogen-bond acceptors (Lipinski definition) is 5. The second-order valence-electron chi connectivity index (χ2n) is 7.18. The van der Waals surface area contributed by atoms with Gasteiger partial charge in [-0.05, 0) is 42.0 Å². The minimum Gasteiger partial charge on any atom is -0.454 e. The van der Waals surface area contributed by atoms with Gasteiger partial charge in [0.1, 0.15) is 0 Å². The van der Waals surface area contributed by atoms with Gasteiger partial charge >= 0.3 is 0 Å². The second-order valence-corrected chi connectivity index (χ2v) is 8.02. The molecule has 8 heteroatoms. The zero-order valence-electron chi connectivity index (χ0n) is 16.0. The Bertz CT molecular complexity index is 885. The van der Waals surface area contributed by atoms with Crippen LogP contribution in [-0.4, -0.2) is 61.8 Å². The van der Waals surface area contributed by atoms with Crippen LogP contribution in [0, 0.1) is 0 Å². The van der Waals surface area contributed by atoms with Gasteiger partial charge in [-0.25, -0.2) is 0 Å². The van der Waals surface area contributed by atoms with E-state index in [0.29, 0.717) is 28.6 Å². The first kappa shape index (κ1) is 20.3. The summed E-state index contributed by atoms with van der Waals surface area (Å²) in [6, 6.07) is 10.8. The Hall–Kier alpha value is -1.99. The Morgan fingerprint density at radius 2 is 1.72 bits per heavy atom. The molecule has 1 N–H and O–H groups in total. The van der Waals surface area contributed by atoms with Crippen LogP contribution in [0.1, 0.15) is 15.9 Å². The lowest BCUT2D eigenvalue weighted by Crippen LogP contribution is -2.48. The molecule has 0 aliphatic carbocycles. The van der Waals surface area contributed by atoms with Crippen molar-refractivity contribution in [2.24, 2.45) is 0 Å². The highest BCUT2D eigenvalue weighted by atomic mass is 35.5. The monoisotopic (exact) mass is 435 g/mol. The molecule has 2 aromatic carbocycles. The molecular formula is C21H23Cl2N3O3. The first-order valence-electron chi connectivity index (χ1n) is 9.65. The molecule has 1 fully saturated rings. The Morgan fingerprint density at radius 3 is 2.55 bits per heavy atom. The number of nitrogens with one attached hydrogen (secondary N) is 1. The number of benzene rings is 2. The number of piperazine rings is 1. The predicted octanol–water partition coefficient (Wildman–Crippen LogP) is 3.27. The third-order valence-corrected chi connectivity index (χ3v) is 5.82. The molecular weight excluding hydrogens is 413 g/mol. The van der Waals surface area contributed by atoms with Crippen LogP contribution >= 0.6 is 23.2 Å². The van der Waals surface area contributed by atoms with Crippen LogP contribution < -0.4 is 14.8 Å². The third kappa shape index (κ3) is 5.14. The molecule has 2 aromatic rings. The SMILES string of the molecule is O=C(NCCN1CCN(Cc2cc(Cl)ccc2Cl)CC1)c1ccc2c(c1)OCO2. The molecule has 0 bridgehead atoms. The summed E-state index contributed by atoms with van der Waals surface area (Å²) in [6.45, 7) is 6.26. The van der Waals surface area contributed by atoms with Crippen molar-refractivity contribution in [2.45, 2.75) is 6.54 Å². The van der Waals surface area contributed by atoms with Crippen molar-refractivity contribution in [3.8, 4) is 11.5 Å². The maximum atomic E-state index is 12.3. The summed E-state index contributed by atoms with van der Waals surface area (Å²) in [5.74, 6) is 1.20. The molecule has 29 heavy (non-hydrogen) atoms. The summed E-state index contributed by atoms with van der Waals surface area (Å²) in [5.41, 5.74) is 1.64. The van der Waals surface area contributed by atoms with E-state index in [1.807, 2.05) is 18.2 Å². The molecule has 6 nitrogen and oxygen atoms in total. The summed E-state index contributed by atoms with van der Waals surface area (Å²) in [6.07, 6.45) is 0. The van der Waals surface area contributed by atoms with Gasteiger partial charge in [0.05, 0.1) is 0 Å². The Kier molecular flexibility index (Phi) is 6.45. The number of nitrogens with zero attached hydrogens (tertiary/aromatic N) is 2. The zero-order chi connectivity index (χ0) is 20.2. The quantitative estimate of drug-likeness (QED) is 0.754. The number of amides is 1. The molecule has 2 aliphatic heterocycles. The molecule has 0 saturated carbocycles. The summed E-state index contributed by atoms with van der Waals surface area (Å²) >= 11 is 12.4. The standard InChI is InChI=1S/C21H23Cl2N3O3/c22-17-2-3-18(23)16(11-17)13-26-9-7-25(8-10-26)6-5-24-21(27)15-1-4-19-20(12-15)29-14-28-19/h1-4,11-12H,5-10,13-14H2,(H,24,27). The highest BCUT2D eigenvalue weighted by molar-refractivity contribution is 6.33. The van der Waals surface area contributed by atoms with Crippen LogP contribution in [0.2, 0.25) is 10.0 Å². The summed E-state index contributed by atoms with van der Waals surface area (Å²) in [5, 5.41) is 4.44. The lowest BCUT2D eigenvalue weighted by molar-refractivity contribution is 0.0933. The molecule has 0 unspecified atom stereocenters. The number of fused-ring (bicyclic) bond motifs is 1. The normalized spacial score (nSPS) is 16.8. The van der Waals surface area contributed by atoms with Crippen molar-refractivity contribution in [3.05, 3.63) is 57.6 Å². The number of rotatable bonds is 6. The van der Waals surface area contributed by atoms with E-state index in [-0.39, 0.29) is 12.7 Å². The number of halogens is 2. The van der Waals surface area contributed by atoms with Gasteiger partial charge in [0.25, 0.3) is 5.91 Å². The second kappa shape index (κ2) is 9.22. The van der Waals surface area contributed by atoms with E-state index in [1.54, 1.807) is 18.2 Å². The summed E-state index contributed by atoms with van der Waals surface area (Å²) in [4.78, 5) is 17.1. The number of carbonyl (C=O) groups excluding carboxylic acids is 1. The summed E-state index contributed by atoms with van der Waals surface area (Å²) in [7, 11) is 0. The van der Waals surface area contributed by atoms with Crippen molar-refractivity contribution in [3.63, 3.8) is 0 Å². The Morgan fingerprint density at radius 1 is 0.966 bits per heavy atom. The molecule has 0 aromatic heterocycles. The lowest BCUT2D eigenvalue weighted by atomic mass is 10.2. The highest BCUT2D eigenvalue weighted by Crippen LogP contribution is 2.32. The molecule has 2 aliphatic rings. The topological polar surface area (TPSA) is 54.0 Å². The molecule has 1 saturated heterocycles. The van der Waals surface area contributed by atoms with Crippen LogP contribution in [0.4, 0.5) is 0 Å². The van der Waals surface area contributed by atoms with Gasteiger partial charge in [0, 0.05) is 61.4 Å².